The molecular formula is C21H23N3O2S2. The first-order valence-corrected chi connectivity index (χ1v) is 10.8. The Labute approximate surface area is 172 Å². The summed E-state index contributed by atoms with van der Waals surface area (Å²) in [7, 11) is 1.70. The number of aromatic nitrogens is 2. The molecular weight excluding hydrogens is 390 g/mol. The van der Waals surface area contributed by atoms with Gasteiger partial charge in [-0.1, -0.05) is 54.2 Å². The molecule has 2 aromatic heterocycles. The summed E-state index contributed by atoms with van der Waals surface area (Å²) >= 11 is 2.79. The number of rotatable bonds is 7. The average molecular weight is 414 g/mol. The lowest BCUT2D eigenvalue weighted by atomic mass is 10.2. The number of benzene rings is 1. The zero-order chi connectivity index (χ0) is 20.3. The van der Waals surface area contributed by atoms with Crippen LogP contribution in [0.2, 0.25) is 0 Å². The van der Waals surface area contributed by atoms with Crippen LogP contribution in [0.3, 0.4) is 0 Å². The van der Waals surface area contributed by atoms with Gasteiger partial charge in [-0.2, -0.15) is 0 Å². The molecule has 3 aromatic rings. The zero-order valence-electron chi connectivity index (χ0n) is 16.3. The molecule has 0 N–H and O–H groups in total. The summed E-state index contributed by atoms with van der Waals surface area (Å²) < 4.78 is 1.52. The van der Waals surface area contributed by atoms with Crippen molar-refractivity contribution >= 4 is 39.2 Å². The van der Waals surface area contributed by atoms with Crippen molar-refractivity contribution in [1.82, 2.24) is 14.5 Å². The van der Waals surface area contributed by atoms with Crippen LogP contribution in [0, 0.1) is 0 Å². The molecule has 0 aliphatic carbocycles. The Hall–Kier alpha value is -2.38. The maximum absolute atomic E-state index is 12.8. The molecule has 1 aromatic carbocycles. The third-order valence-electron chi connectivity index (χ3n) is 4.31. The third kappa shape index (κ3) is 4.36. The van der Waals surface area contributed by atoms with E-state index in [0.717, 1.165) is 16.0 Å². The lowest BCUT2D eigenvalue weighted by molar-refractivity contribution is -0.127. The van der Waals surface area contributed by atoms with Gasteiger partial charge in [0, 0.05) is 25.0 Å². The summed E-state index contributed by atoms with van der Waals surface area (Å²) in [5.74, 6) is 0.255. The molecule has 7 heteroatoms. The van der Waals surface area contributed by atoms with Crippen LogP contribution in [0.5, 0.6) is 0 Å². The van der Waals surface area contributed by atoms with E-state index in [-0.39, 0.29) is 17.2 Å². The molecule has 0 aliphatic heterocycles. The van der Waals surface area contributed by atoms with Gasteiger partial charge in [-0.15, -0.1) is 11.3 Å². The largest absolute Gasteiger partial charge is 0.338 e. The van der Waals surface area contributed by atoms with Gasteiger partial charge in [-0.05, 0) is 25.5 Å². The quantitative estimate of drug-likeness (QED) is 0.331. The van der Waals surface area contributed by atoms with Crippen LogP contribution in [0.4, 0.5) is 0 Å². The molecule has 0 radical (unpaired) electrons. The van der Waals surface area contributed by atoms with Gasteiger partial charge in [-0.3, -0.25) is 14.2 Å². The number of nitrogens with zero attached hydrogens (tertiary/aromatic N) is 3. The standard InChI is InChI=1S/C21H23N3O2S2/c1-5-24(12-14(2)3)18(25)13-27-21-22-19-16(20(26)23(21)4)11-17(28-19)15-9-7-6-8-10-15/h6-11H,2,5,12-13H2,1,3-4H3. The van der Waals surface area contributed by atoms with E-state index in [0.29, 0.717) is 28.5 Å². The third-order valence-corrected chi connectivity index (χ3v) is 6.40. The zero-order valence-corrected chi connectivity index (χ0v) is 17.9. The molecule has 0 fully saturated rings. The minimum Gasteiger partial charge on any atom is -0.338 e. The van der Waals surface area contributed by atoms with Crippen molar-refractivity contribution in [2.45, 2.75) is 19.0 Å². The fraction of sp³-hybridized carbons (Fsp3) is 0.286. The molecule has 2 heterocycles. The van der Waals surface area contributed by atoms with Crippen LogP contribution < -0.4 is 5.56 Å². The van der Waals surface area contributed by atoms with E-state index in [1.54, 1.807) is 11.9 Å². The number of carbonyl (C=O) groups is 1. The summed E-state index contributed by atoms with van der Waals surface area (Å²) in [5, 5.41) is 1.16. The van der Waals surface area contributed by atoms with Gasteiger partial charge in [0.2, 0.25) is 5.91 Å². The van der Waals surface area contributed by atoms with Crippen LogP contribution in [0.25, 0.3) is 20.7 Å². The number of thiophene rings is 1. The smallest absolute Gasteiger partial charge is 0.262 e. The molecule has 3 rings (SSSR count). The Balaban J connectivity index is 1.86. The van der Waals surface area contributed by atoms with E-state index in [2.05, 4.69) is 11.6 Å². The number of thioether (sulfide) groups is 1. The summed E-state index contributed by atoms with van der Waals surface area (Å²) in [6.45, 7) is 8.90. The second kappa shape index (κ2) is 8.75. The number of hydrogen-bond acceptors (Lipinski definition) is 5. The molecule has 0 unspecified atom stereocenters. The maximum Gasteiger partial charge on any atom is 0.262 e. The molecule has 0 aliphatic rings. The van der Waals surface area contributed by atoms with Gasteiger partial charge in [0.15, 0.2) is 5.16 Å². The predicted octanol–water partition coefficient (Wildman–Crippen LogP) is 4.18. The fourth-order valence-electron chi connectivity index (χ4n) is 2.84. The highest BCUT2D eigenvalue weighted by molar-refractivity contribution is 7.99. The molecule has 5 nitrogen and oxygen atoms in total. The minimum atomic E-state index is -0.0901. The van der Waals surface area contributed by atoms with Gasteiger partial charge in [0.25, 0.3) is 5.56 Å². The van der Waals surface area contributed by atoms with Gasteiger partial charge < -0.3 is 4.90 Å². The molecule has 0 saturated heterocycles. The van der Waals surface area contributed by atoms with Crippen LogP contribution in [0.1, 0.15) is 13.8 Å². The second-order valence-corrected chi connectivity index (χ2v) is 8.58. The highest BCUT2D eigenvalue weighted by Gasteiger charge is 2.16. The molecule has 146 valence electrons. The van der Waals surface area contributed by atoms with Crippen LogP contribution in [-0.2, 0) is 11.8 Å². The Bertz CT molecular complexity index is 1070. The number of carbonyl (C=O) groups excluding carboxylic acids is 1. The Morgan fingerprint density at radius 2 is 2.04 bits per heavy atom. The lowest BCUT2D eigenvalue weighted by Crippen LogP contribution is -2.33. The van der Waals surface area contributed by atoms with E-state index in [9.17, 15) is 9.59 Å². The summed E-state index contributed by atoms with van der Waals surface area (Å²) in [6, 6.07) is 11.9. The van der Waals surface area contributed by atoms with Gasteiger partial charge in [0.05, 0.1) is 11.1 Å². The lowest BCUT2D eigenvalue weighted by Gasteiger charge is -2.20. The number of likely N-dealkylation sites (N-methyl/N-ethyl adjacent to an activating group) is 1. The van der Waals surface area contributed by atoms with E-state index in [1.165, 1.54) is 27.7 Å². The highest BCUT2D eigenvalue weighted by Crippen LogP contribution is 2.31. The van der Waals surface area contributed by atoms with Crippen molar-refractivity contribution in [3.8, 4) is 10.4 Å². The molecule has 0 atom stereocenters. The van der Waals surface area contributed by atoms with Crippen LogP contribution in [0.15, 0.2) is 58.5 Å². The fourth-order valence-corrected chi connectivity index (χ4v) is 4.79. The van der Waals surface area contributed by atoms with Gasteiger partial charge in [-0.25, -0.2) is 4.98 Å². The second-order valence-electron chi connectivity index (χ2n) is 6.61. The summed E-state index contributed by atoms with van der Waals surface area (Å²) in [4.78, 5) is 33.4. The summed E-state index contributed by atoms with van der Waals surface area (Å²) in [6.07, 6.45) is 0. The maximum atomic E-state index is 12.8. The van der Waals surface area contributed by atoms with E-state index in [4.69, 9.17) is 0 Å². The normalized spacial score (nSPS) is 11.0. The first-order chi connectivity index (χ1) is 13.4. The van der Waals surface area contributed by atoms with Crippen LogP contribution >= 0.6 is 23.1 Å². The minimum absolute atomic E-state index is 0.0148. The molecule has 28 heavy (non-hydrogen) atoms. The molecule has 0 bridgehead atoms. The first kappa shape index (κ1) is 20.4. The van der Waals surface area contributed by atoms with Crippen molar-refractivity contribution in [3.63, 3.8) is 0 Å². The highest BCUT2D eigenvalue weighted by atomic mass is 32.2. The number of amides is 1. The number of hydrogen-bond donors (Lipinski definition) is 0. The molecule has 0 spiro atoms. The topological polar surface area (TPSA) is 55.2 Å². The first-order valence-electron chi connectivity index (χ1n) is 9.01. The molecule has 1 amide bonds. The Kier molecular flexibility index (Phi) is 6.36. The molecule has 0 saturated carbocycles. The van der Waals surface area contributed by atoms with E-state index in [1.807, 2.05) is 50.2 Å². The predicted molar refractivity (Wildman–Crippen MR) is 118 cm³/mol. The van der Waals surface area contributed by atoms with Crippen molar-refractivity contribution in [1.29, 1.82) is 0 Å². The number of fused-ring (bicyclic) bond motifs is 1. The Morgan fingerprint density at radius 1 is 1.32 bits per heavy atom. The monoisotopic (exact) mass is 413 g/mol. The summed E-state index contributed by atoms with van der Waals surface area (Å²) in [5.41, 5.74) is 1.92. The van der Waals surface area contributed by atoms with Crippen LogP contribution in [-0.4, -0.2) is 39.2 Å². The SMILES string of the molecule is C=C(C)CN(CC)C(=O)CSc1nc2sc(-c3ccccc3)cc2c(=O)n1C. The van der Waals surface area contributed by atoms with Crippen molar-refractivity contribution in [3.05, 3.63) is 58.9 Å². The van der Waals surface area contributed by atoms with Gasteiger partial charge >= 0.3 is 0 Å². The average Bonchev–Trinajstić information content (AvgIpc) is 3.12. The van der Waals surface area contributed by atoms with E-state index < -0.39 is 0 Å². The van der Waals surface area contributed by atoms with Gasteiger partial charge in [0.1, 0.15) is 4.83 Å². The van der Waals surface area contributed by atoms with E-state index >= 15 is 0 Å². The van der Waals surface area contributed by atoms with Crippen molar-refractivity contribution in [2.75, 3.05) is 18.8 Å². The Morgan fingerprint density at radius 3 is 2.68 bits per heavy atom. The van der Waals surface area contributed by atoms with Crippen molar-refractivity contribution < 1.29 is 4.79 Å². The van der Waals surface area contributed by atoms with Crippen molar-refractivity contribution in [2.24, 2.45) is 7.05 Å².